The number of carbonyl (C=O) groups is 3. The summed E-state index contributed by atoms with van der Waals surface area (Å²) in [5.74, 6) is 0.781. The molecule has 1 unspecified atom stereocenters. The minimum atomic E-state index is -0.578. The molecule has 0 radical (unpaired) electrons. The van der Waals surface area contributed by atoms with Gasteiger partial charge in [-0.2, -0.15) is 0 Å². The van der Waals surface area contributed by atoms with Crippen LogP contribution in [0.25, 0.3) is 0 Å². The number of nitrogens with one attached hydrogen (secondary N) is 3. The molecule has 3 N–H and O–H groups in total. The van der Waals surface area contributed by atoms with E-state index in [-0.39, 0.29) is 36.9 Å². The fraction of sp³-hybridized carbons (Fsp3) is 0.300. The Kier molecular flexibility index (Phi) is 12.3. The minimum absolute atomic E-state index is 0.0960. The van der Waals surface area contributed by atoms with Gasteiger partial charge in [-0.1, -0.05) is 12.1 Å². The number of nitrogens with zero attached hydrogens (tertiary/aromatic N) is 1. The quantitative estimate of drug-likeness (QED) is 0.118. The van der Waals surface area contributed by atoms with Gasteiger partial charge in [-0.05, 0) is 64.7 Å². The van der Waals surface area contributed by atoms with Crippen molar-refractivity contribution in [2.45, 2.75) is 31.7 Å². The Hall–Kier alpha value is -4.65. The van der Waals surface area contributed by atoms with Gasteiger partial charge in [-0.25, -0.2) is 0 Å². The van der Waals surface area contributed by atoms with E-state index in [4.69, 9.17) is 14.2 Å². The molecule has 3 aromatic carbocycles. The van der Waals surface area contributed by atoms with Crippen molar-refractivity contribution in [1.82, 2.24) is 10.6 Å². The fourth-order valence-electron chi connectivity index (χ4n) is 4.18. The third kappa shape index (κ3) is 9.70. The van der Waals surface area contributed by atoms with Gasteiger partial charge < -0.3 is 30.2 Å². The third-order valence-corrected chi connectivity index (χ3v) is 7.10. The molecule has 1 atom stereocenters. The van der Waals surface area contributed by atoms with Gasteiger partial charge in [0.1, 0.15) is 17.2 Å². The second-order valence-corrected chi connectivity index (χ2v) is 10.2. The van der Waals surface area contributed by atoms with Gasteiger partial charge in [-0.15, -0.1) is 0 Å². The highest BCUT2D eigenvalue weighted by molar-refractivity contribution is 9.10. The Morgan fingerprint density at radius 3 is 2.09 bits per heavy atom. The summed E-state index contributed by atoms with van der Waals surface area (Å²) in [5, 5.41) is 19.1. The number of anilines is 1. The zero-order valence-electron chi connectivity index (χ0n) is 24.0. The molecule has 3 amide bonds. The van der Waals surface area contributed by atoms with Gasteiger partial charge >= 0.3 is 0 Å². The number of nitro groups is 1. The minimum Gasteiger partial charge on any atom is -0.497 e. The molecule has 0 aromatic heterocycles. The molecule has 0 fully saturated rings. The van der Waals surface area contributed by atoms with Crippen LogP contribution >= 0.6 is 15.9 Å². The number of amides is 3. The summed E-state index contributed by atoms with van der Waals surface area (Å²) in [6.07, 6.45) is 1.16. The Morgan fingerprint density at radius 2 is 1.49 bits per heavy atom. The molecule has 0 aliphatic carbocycles. The molecule has 0 saturated carbocycles. The normalized spacial score (nSPS) is 11.2. The molecule has 3 aromatic rings. The molecule has 0 saturated heterocycles. The van der Waals surface area contributed by atoms with E-state index in [0.29, 0.717) is 45.8 Å². The Labute approximate surface area is 257 Å². The summed E-state index contributed by atoms with van der Waals surface area (Å²) in [7, 11) is 4.65. The lowest BCUT2D eigenvalue weighted by molar-refractivity contribution is -0.384. The number of halogens is 1. The monoisotopic (exact) mass is 656 g/mol. The summed E-state index contributed by atoms with van der Waals surface area (Å²) in [5.41, 5.74) is 1.80. The van der Waals surface area contributed by atoms with Crippen molar-refractivity contribution in [3.63, 3.8) is 0 Å². The van der Waals surface area contributed by atoms with E-state index in [1.54, 1.807) is 38.5 Å². The maximum Gasteiger partial charge on any atom is 0.270 e. The number of hydrogen-bond donors (Lipinski definition) is 3. The molecule has 228 valence electrons. The number of ether oxygens (including phenoxy) is 3. The van der Waals surface area contributed by atoms with Crippen LogP contribution in [-0.2, 0) is 14.4 Å². The molecule has 0 aliphatic heterocycles. The maximum atomic E-state index is 12.9. The van der Waals surface area contributed by atoms with Crippen molar-refractivity contribution in [3.05, 3.63) is 86.4 Å². The van der Waals surface area contributed by atoms with Crippen LogP contribution in [0.2, 0.25) is 0 Å². The van der Waals surface area contributed by atoms with E-state index < -0.39 is 16.9 Å². The number of carbonyl (C=O) groups excluding carboxylic acids is 3. The van der Waals surface area contributed by atoms with Crippen LogP contribution in [0.1, 0.15) is 42.9 Å². The molecule has 13 heteroatoms. The summed E-state index contributed by atoms with van der Waals surface area (Å²) in [6.45, 7) is -0.237. The molecule has 12 nitrogen and oxygen atoms in total. The number of hydrogen-bond acceptors (Lipinski definition) is 8. The van der Waals surface area contributed by atoms with Crippen LogP contribution in [0.15, 0.2) is 65.1 Å². The molecular weight excluding hydrogens is 624 g/mol. The molecule has 0 spiro atoms. The van der Waals surface area contributed by atoms with E-state index >= 15 is 0 Å². The smallest absolute Gasteiger partial charge is 0.270 e. The molecule has 43 heavy (non-hydrogen) atoms. The van der Waals surface area contributed by atoms with Crippen LogP contribution in [0.4, 0.5) is 11.4 Å². The fourth-order valence-corrected chi connectivity index (χ4v) is 4.64. The van der Waals surface area contributed by atoms with E-state index in [9.17, 15) is 24.5 Å². The van der Waals surface area contributed by atoms with Crippen molar-refractivity contribution in [3.8, 4) is 17.2 Å². The van der Waals surface area contributed by atoms with Crippen LogP contribution in [0, 0.1) is 10.1 Å². The molecule has 0 aliphatic rings. The highest BCUT2D eigenvalue weighted by Crippen LogP contribution is 2.34. The lowest BCUT2D eigenvalue weighted by atomic mass is 9.97. The van der Waals surface area contributed by atoms with Crippen molar-refractivity contribution >= 4 is 45.0 Å². The van der Waals surface area contributed by atoms with Crippen LogP contribution < -0.4 is 30.2 Å². The summed E-state index contributed by atoms with van der Waals surface area (Å²) < 4.78 is 16.5. The van der Waals surface area contributed by atoms with Gasteiger partial charge in [0.2, 0.25) is 17.7 Å². The first kappa shape index (κ1) is 32.9. The summed E-state index contributed by atoms with van der Waals surface area (Å²) in [4.78, 5) is 47.9. The lowest BCUT2D eigenvalue weighted by Crippen LogP contribution is -2.39. The Morgan fingerprint density at radius 1 is 0.837 bits per heavy atom. The first-order valence-electron chi connectivity index (χ1n) is 13.3. The predicted octanol–water partition coefficient (Wildman–Crippen LogP) is 4.90. The van der Waals surface area contributed by atoms with Crippen molar-refractivity contribution in [2.24, 2.45) is 0 Å². The number of rotatable bonds is 15. The first-order valence-corrected chi connectivity index (χ1v) is 14.1. The van der Waals surface area contributed by atoms with E-state index in [1.165, 1.54) is 25.3 Å². The number of unbranched alkanes of at least 4 members (excludes halogenated alkanes) is 1. The molecule has 0 bridgehead atoms. The van der Waals surface area contributed by atoms with Gasteiger partial charge in [0, 0.05) is 41.1 Å². The second-order valence-electron chi connectivity index (χ2n) is 9.33. The number of nitro benzene ring substituents is 1. The Balaban J connectivity index is 1.51. The number of benzene rings is 3. The zero-order chi connectivity index (χ0) is 31.4. The van der Waals surface area contributed by atoms with Gasteiger partial charge in [0.05, 0.1) is 44.5 Å². The highest BCUT2D eigenvalue weighted by Gasteiger charge is 2.22. The van der Waals surface area contributed by atoms with Crippen LogP contribution in [0.3, 0.4) is 0 Å². The van der Waals surface area contributed by atoms with Crippen molar-refractivity contribution in [2.75, 3.05) is 33.2 Å². The van der Waals surface area contributed by atoms with Crippen LogP contribution in [0.5, 0.6) is 17.2 Å². The molecule has 0 heterocycles. The SMILES string of the molecule is COc1ccc(C(NC(=O)CNC(=O)CCCCC(=O)Nc2ccc([N+](=O)[O-])cc2Br)c2ccc(OC)cc2OC)cc1. The van der Waals surface area contributed by atoms with E-state index in [2.05, 4.69) is 31.9 Å². The van der Waals surface area contributed by atoms with Crippen molar-refractivity contribution in [1.29, 1.82) is 0 Å². The average Bonchev–Trinajstić information content (AvgIpc) is 3.01. The molecular formula is C30H33BrN4O8. The Bertz CT molecular complexity index is 1450. The number of non-ortho nitro benzene ring substituents is 1. The maximum absolute atomic E-state index is 12.9. The van der Waals surface area contributed by atoms with Crippen LogP contribution in [-0.4, -0.2) is 50.5 Å². The largest absolute Gasteiger partial charge is 0.497 e. The first-order chi connectivity index (χ1) is 20.6. The van der Waals surface area contributed by atoms with Crippen molar-refractivity contribution < 1.29 is 33.5 Å². The van der Waals surface area contributed by atoms with Gasteiger partial charge in [0.15, 0.2) is 0 Å². The van der Waals surface area contributed by atoms with Gasteiger partial charge in [0.25, 0.3) is 5.69 Å². The average molecular weight is 658 g/mol. The summed E-state index contributed by atoms with van der Waals surface area (Å²) >= 11 is 3.21. The van der Waals surface area contributed by atoms with Gasteiger partial charge in [-0.3, -0.25) is 24.5 Å². The topological polar surface area (TPSA) is 158 Å². The third-order valence-electron chi connectivity index (χ3n) is 6.45. The second kappa shape index (κ2) is 16.1. The lowest BCUT2D eigenvalue weighted by Gasteiger charge is -2.23. The molecule has 3 rings (SSSR count). The summed E-state index contributed by atoms with van der Waals surface area (Å²) in [6, 6.07) is 16.0. The zero-order valence-corrected chi connectivity index (χ0v) is 25.6. The number of methoxy groups -OCH3 is 3. The highest BCUT2D eigenvalue weighted by atomic mass is 79.9. The predicted molar refractivity (Wildman–Crippen MR) is 163 cm³/mol. The van der Waals surface area contributed by atoms with E-state index in [1.807, 2.05) is 18.2 Å². The van der Waals surface area contributed by atoms with E-state index in [0.717, 1.165) is 5.56 Å². The standard InChI is InChI=1S/C30H33BrN4O8/c1-41-21-11-8-19(9-12-21)30(23-14-13-22(42-2)17-26(23)43-3)34-29(38)18-32-27(36)6-4-5-7-28(37)33-25-15-10-20(35(39)40)16-24(25)31/h8-17,30H,4-7,18H2,1-3H3,(H,32,36)(H,33,37)(H,34,38).